The van der Waals surface area contributed by atoms with Gasteiger partial charge in [-0.3, -0.25) is 0 Å². The van der Waals surface area contributed by atoms with E-state index in [1.165, 1.54) is 0 Å². The standard InChI is InChI=1S/C32H33N7O6/c1-4-8-27-33-29(32(2,3)41)28(31(40)44-19-22-9-7-10-23(17-22)20-45-39(42)43)38(27)18-21-13-15-24(16-14-21)25-11-5-6-12-26(25)30-34-36-37-35-30/h5-7,9-17,41H,4,8,18-20H2,1-3H3,(H,34,35,36,37). The number of aromatic amines is 1. The Morgan fingerprint density at radius 2 is 1.71 bits per heavy atom. The summed E-state index contributed by atoms with van der Waals surface area (Å²) in [5.74, 6) is 0.517. The Morgan fingerprint density at radius 3 is 2.36 bits per heavy atom. The highest BCUT2D eigenvalue weighted by molar-refractivity contribution is 5.89. The highest BCUT2D eigenvalue weighted by atomic mass is 16.9. The van der Waals surface area contributed by atoms with Crippen LogP contribution in [0.3, 0.4) is 0 Å². The van der Waals surface area contributed by atoms with Gasteiger partial charge in [0.25, 0.3) is 5.09 Å². The summed E-state index contributed by atoms with van der Waals surface area (Å²) < 4.78 is 7.53. The quantitative estimate of drug-likeness (QED) is 0.105. The fraction of sp³-hybridized carbons (Fsp3) is 0.281. The molecule has 2 aromatic heterocycles. The molecule has 0 atom stereocenters. The molecule has 0 aliphatic rings. The number of hydrogen-bond acceptors (Lipinski definition) is 10. The van der Waals surface area contributed by atoms with Crippen LogP contribution >= 0.6 is 0 Å². The Balaban J connectivity index is 1.43. The second-order valence-electron chi connectivity index (χ2n) is 11.0. The molecule has 2 heterocycles. The molecule has 3 aromatic carbocycles. The molecule has 5 rings (SSSR count). The minimum atomic E-state index is -1.41. The average molecular weight is 612 g/mol. The van der Waals surface area contributed by atoms with Crippen molar-refractivity contribution < 1.29 is 24.6 Å². The molecule has 0 unspecified atom stereocenters. The minimum absolute atomic E-state index is 0.0841. The number of aryl methyl sites for hydroxylation is 1. The van der Waals surface area contributed by atoms with Crippen LogP contribution < -0.4 is 0 Å². The molecular formula is C32H33N7O6. The van der Waals surface area contributed by atoms with Gasteiger partial charge < -0.3 is 19.2 Å². The second-order valence-corrected chi connectivity index (χ2v) is 11.0. The van der Waals surface area contributed by atoms with Gasteiger partial charge in [0.15, 0.2) is 5.69 Å². The zero-order chi connectivity index (χ0) is 32.0. The van der Waals surface area contributed by atoms with Crippen LogP contribution in [0.4, 0.5) is 0 Å². The lowest BCUT2D eigenvalue weighted by atomic mass is 9.98. The van der Waals surface area contributed by atoms with E-state index in [4.69, 9.17) is 9.72 Å². The van der Waals surface area contributed by atoms with Gasteiger partial charge in [0.05, 0.1) is 0 Å². The molecule has 13 heteroatoms. The lowest BCUT2D eigenvalue weighted by molar-refractivity contribution is -0.763. The zero-order valence-corrected chi connectivity index (χ0v) is 25.1. The Morgan fingerprint density at radius 1 is 1.00 bits per heavy atom. The maximum atomic E-state index is 13.7. The van der Waals surface area contributed by atoms with E-state index in [0.29, 0.717) is 35.7 Å². The first kappa shape index (κ1) is 31.0. The van der Waals surface area contributed by atoms with Crippen molar-refractivity contribution in [3.8, 4) is 22.5 Å². The number of rotatable bonds is 13. The fourth-order valence-electron chi connectivity index (χ4n) is 5.05. The van der Waals surface area contributed by atoms with Crippen LogP contribution in [0, 0.1) is 10.1 Å². The van der Waals surface area contributed by atoms with Crippen molar-refractivity contribution in [2.24, 2.45) is 0 Å². The van der Waals surface area contributed by atoms with Gasteiger partial charge in [-0.05, 0) is 53.3 Å². The minimum Gasteiger partial charge on any atom is -0.456 e. The molecule has 232 valence electrons. The Labute approximate surface area is 259 Å². The van der Waals surface area contributed by atoms with Gasteiger partial charge in [-0.15, -0.1) is 20.3 Å². The van der Waals surface area contributed by atoms with Crippen LogP contribution in [-0.2, 0) is 41.4 Å². The number of benzene rings is 3. The summed E-state index contributed by atoms with van der Waals surface area (Å²) in [6.07, 6.45) is 1.37. The van der Waals surface area contributed by atoms with Gasteiger partial charge in [-0.2, -0.15) is 5.21 Å². The number of nitrogens with zero attached hydrogens (tertiary/aromatic N) is 6. The van der Waals surface area contributed by atoms with Crippen molar-refractivity contribution in [2.45, 2.75) is 59.0 Å². The van der Waals surface area contributed by atoms with E-state index in [1.54, 1.807) is 38.1 Å². The first-order chi connectivity index (χ1) is 21.6. The lowest BCUT2D eigenvalue weighted by Crippen LogP contribution is -2.23. The maximum absolute atomic E-state index is 13.7. The van der Waals surface area contributed by atoms with E-state index >= 15 is 0 Å². The summed E-state index contributed by atoms with van der Waals surface area (Å²) in [6.45, 7) is 5.21. The van der Waals surface area contributed by atoms with Crippen molar-refractivity contribution in [3.05, 3.63) is 117 Å². The summed E-state index contributed by atoms with van der Waals surface area (Å²) in [5, 5.41) is 35.1. The SMILES string of the molecule is CCCc1nc(C(C)(C)O)c(C(=O)OCc2cccc(CO[N+](=O)[O-])c2)n1Cc1ccc(-c2ccccc2-c2nn[nH]n2)cc1. The first-order valence-electron chi connectivity index (χ1n) is 14.4. The number of aromatic nitrogens is 6. The van der Waals surface area contributed by atoms with Crippen LogP contribution in [-0.4, -0.2) is 46.3 Å². The van der Waals surface area contributed by atoms with Gasteiger partial charge in [0.2, 0.25) is 5.82 Å². The van der Waals surface area contributed by atoms with Gasteiger partial charge in [0.1, 0.15) is 30.3 Å². The van der Waals surface area contributed by atoms with Gasteiger partial charge in [-0.25, -0.2) is 9.78 Å². The molecule has 0 aliphatic carbocycles. The van der Waals surface area contributed by atoms with E-state index < -0.39 is 16.7 Å². The Kier molecular flexibility index (Phi) is 9.28. The molecule has 45 heavy (non-hydrogen) atoms. The molecule has 0 radical (unpaired) electrons. The molecule has 2 N–H and O–H groups in total. The monoisotopic (exact) mass is 611 g/mol. The number of imidazole rings is 1. The number of aliphatic hydroxyl groups is 1. The van der Waals surface area contributed by atoms with E-state index in [1.807, 2.05) is 60.0 Å². The number of esters is 1. The van der Waals surface area contributed by atoms with Gasteiger partial charge in [-0.1, -0.05) is 79.7 Å². The van der Waals surface area contributed by atoms with Crippen molar-refractivity contribution in [1.29, 1.82) is 0 Å². The van der Waals surface area contributed by atoms with Gasteiger partial charge >= 0.3 is 5.97 Å². The average Bonchev–Trinajstić information content (AvgIpc) is 3.69. The van der Waals surface area contributed by atoms with Crippen LogP contribution in [0.2, 0.25) is 0 Å². The largest absolute Gasteiger partial charge is 0.456 e. The number of nitrogens with one attached hydrogen (secondary N) is 1. The van der Waals surface area contributed by atoms with Crippen molar-refractivity contribution in [1.82, 2.24) is 30.2 Å². The highest BCUT2D eigenvalue weighted by Crippen LogP contribution is 2.31. The third-order valence-electron chi connectivity index (χ3n) is 7.11. The predicted octanol–water partition coefficient (Wildman–Crippen LogP) is 5.02. The number of H-pyrrole nitrogens is 1. The zero-order valence-electron chi connectivity index (χ0n) is 25.1. The summed E-state index contributed by atoms with van der Waals surface area (Å²) >= 11 is 0. The highest BCUT2D eigenvalue weighted by Gasteiger charge is 2.32. The van der Waals surface area contributed by atoms with E-state index in [2.05, 4.69) is 25.5 Å². The maximum Gasteiger partial charge on any atom is 0.357 e. The molecule has 0 fully saturated rings. The van der Waals surface area contributed by atoms with E-state index in [0.717, 1.165) is 28.7 Å². The van der Waals surface area contributed by atoms with E-state index in [9.17, 15) is 20.0 Å². The molecule has 0 amide bonds. The normalized spacial score (nSPS) is 11.4. The molecule has 0 bridgehead atoms. The number of carbonyl (C=O) groups excluding carboxylic acids is 1. The third kappa shape index (κ3) is 7.39. The van der Waals surface area contributed by atoms with Crippen LogP contribution in [0.15, 0.2) is 72.8 Å². The number of carbonyl (C=O) groups is 1. The van der Waals surface area contributed by atoms with E-state index in [-0.39, 0.29) is 24.6 Å². The third-order valence-corrected chi connectivity index (χ3v) is 7.11. The Bertz CT molecular complexity index is 1780. The molecule has 0 spiro atoms. The Hall–Kier alpha value is -5.43. The smallest absolute Gasteiger partial charge is 0.357 e. The molecule has 0 saturated heterocycles. The summed E-state index contributed by atoms with van der Waals surface area (Å²) in [7, 11) is 0. The van der Waals surface area contributed by atoms with Crippen molar-refractivity contribution in [3.63, 3.8) is 0 Å². The second kappa shape index (κ2) is 13.5. The molecule has 5 aromatic rings. The predicted molar refractivity (Wildman–Crippen MR) is 163 cm³/mol. The summed E-state index contributed by atoms with van der Waals surface area (Å²) in [4.78, 5) is 33.4. The summed E-state index contributed by atoms with van der Waals surface area (Å²) in [6, 6.07) is 22.6. The van der Waals surface area contributed by atoms with Crippen LogP contribution in [0.25, 0.3) is 22.5 Å². The number of ether oxygens (including phenoxy) is 1. The van der Waals surface area contributed by atoms with Gasteiger partial charge in [0, 0.05) is 18.5 Å². The fourth-order valence-corrected chi connectivity index (χ4v) is 5.05. The molecule has 0 saturated carbocycles. The van der Waals surface area contributed by atoms with Crippen molar-refractivity contribution >= 4 is 5.97 Å². The number of hydrogen-bond donors (Lipinski definition) is 2. The molecule has 13 nitrogen and oxygen atoms in total. The van der Waals surface area contributed by atoms with Crippen LogP contribution in [0.5, 0.6) is 0 Å². The lowest BCUT2D eigenvalue weighted by Gasteiger charge is -2.18. The van der Waals surface area contributed by atoms with Crippen LogP contribution in [0.1, 0.15) is 65.9 Å². The number of tetrazole rings is 1. The topological polar surface area (TPSA) is 171 Å². The first-order valence-corrected chi connectivity index (χ1v) is 14.4. The summed E-state index contributed by atoms with van der Waals surface area (Å²) in [5.41, 5.74) is 3.86. The molecule has 0 aliphatic heterocycles. The molecular weight excluding hydrogens is 578 g/mol. The van der Waals surface area contributed by atoms with Crippen molar-refractivity contribution in [2.75, 3.05) is 0 Å².